The molecule has 0 radical (unpaired) electrons. The maximum absolute atomic E-state index is 14.5. The monoisotopic (exact) mass is 1250 g/mol. The van der Waals surface area contributed by atoms with Gasteiger partial charge in [-0.25, -0.2) is 25.6 Å². The quantitative estimate of drug-likeness (QED) is 0.0231. The van der Waals surface area contributed by atoms with Crippen molar-refractivity contribution in [1.82, 2.24) is 45.0 Å². The fourth-order valence-corrected chi connectivity index (χ4v) is 14.0. The maximum atomic E-state index is 14.5. The number of likely N-dealkylation sites (tertiary alicyclic amines) is 2. The van der Waals surface area contributed by atoms with Crippen LogP contribution in [0.15, 0.2) is 143 Å². The van der Waals surface area contributed by atoms with Gasteiger partial charge in [0.2, 0.25) is 43.7 Å². The molecule has 2 fully saturated rings. The van der Waals surface area contributed by atoms with Crippen molar-refractivity contribution in [3.63, 3.8) is 0 Å². The Morgan fingerprint density at radius 1 is 0.545 bits per heavy atom. The number of rotatable bonds is 33. The molecule has 5 aromatic rings. The molecule has 0 unspecified atom stereocenters. The molecule has 0 aliphatic carbocycles. The van der Waals surface area contributed by atoms with Crippen LogP contribution in [-0.2, 0) is 52.1 Å². The highest BCUT2D eigenvalue weighted by molar-refractivity contribution is 7.89. The summed E-state index contributed by atoms with van der Waals surface area (Å²) in [5, 5.41) is 14.4. The van der Waals surface area contributed by atoms with Gasteiger partial charge in [-0.3, -0.25) is 28.8 Å². The Hall–Kier alpha value is -7.28. The van der Waals surface area contributed by atoms with Gasteiger partial charge in [0.05, 0.1) is 21.9 Å². The van der Waals surface area contributed by atoms with E-state index in [1.165, 1.54) is 45.0 Å². The minimum Gasteiger partial charge on any atom is -0.352 e. The molecule has 2 aliphatic rings. The number of halogens is 2. The molecule has 2 saturated heterocycles. The number of sulfonamides is 2. The summed E-state index contributed by atoms with van der Waals surface area (Å²) in [6.07, 6.45) is 4.57. The normalized spacial score (nSPS) is 16.7. The van der Waals surface area contributed by atoms with Gasteiger partial charge < -0.3 is 36.4 Å². The Morgan fingerprint density at radius 2 is 0.955 bits per heavy atom. The third-order valence-corrected chi connectivity index (χ3v) is 20.2. The SMILES string of the molecule is CN[C@@H](C)C(=O)N[C@@H](CCCCC(=O)c1ccc(C(=O)NCCC[C@H](NC(=O)[C@H](C)NC)C(=O)N2CCC[C@H]2CN(CCc2ccccc2)S(=O)(=O)c2ccc(F)cc2)cc1)C(=O)N1CCC[C@H]1CN(CCc1ccccc1)S(=O)(=O)c1ccc(F)cc1. The van der Waals surface area contributed by atoms with E-state index in [1.807, 2.05) is 60.7 Å². The Morgan fingerprint density at radius 3 is 1.38 bits per heavy atom. The van der Waals surface area contributed by atoms with Crippen LogP contribution in [0.2, 0.25) is 0 Å². The highest BCUT2D eigenvalue weighted by Gasteiger charge is 2.40. The number of carbonyl (C=O) groups is 6. The van der Waals surface area contributed by atoms with Crippen LogP contribution < -0.4 is 26.6 Å². The van der Waals surface area contributed by atoms with Crippen molar-refractivity contribution in [2.24, 2.45) is 0 Å². The van der Waals surface area contributed by atoms with E-state index in [0.717, 1.165) is 35.4 Å². The summed E-state index contributed by atoms with van der Waals surface area (Å²) in [5.74, 6) is -3.30. The van der Waals surface area contributed by atoms with Gasteiger partial charge in [-0.2, -0.15) is 8.61 Å². The second kappa shape index (κ2) is 32.8. The van der Waals surface area contributed by atoms with Crippen molar-refractivity contribution in [3.8, 4) is 0 Å². The first-order valence-electron chi connectivity index (χ1n) is 30.3. The first-order valence-corrected chi connectivity index (χ1v) is 33.1. The number of hydrogen-bond acceptors (Lipinski definition) is 12. The van der Waals surface area contributed by atoms with Crippen LogP contribution in [0.25, 0.3) is 0 Å². The van der Waals surface area contributed by atoms with Crippen LogP contribution in [0.3, 0.4) is 0 Å². The summed E-state index contributed by atoms with van der Waals surface area (Å²) in [7, 11) is -4.98. The molecule has 88 heavy (non-hydrogen) atoms. The molecule has 2 heterocycles. The molecular weight excluding hydrogens is 1170 g/mol. The Balaban J connectivity index is 0.927. The lowest BCUT2D eigenvalue weighted by molar-refractivity contribution is -0.138. The number of unbranched alkanes of at least 4 members (excludes halogenated alkanes) is 1. The number of carbonyl (C=O) groups excluding carboxylic acids is 6. The largest absolute Gasteiger partial charge is 0.352 e. The first-order chi connectivity index (χ1) is 42.2. The van der Waals surface area contributed by atoms with E-state index in [4.69, 9.17) is 0 Å². The van der Waals surface area contributed by atoms with Crippen molar-refractivity contribution >= 4 is 55.4 Å². The van der Waals surface area contributed by atoms with Crippen molar-refractivity contribution < 1.29 is 54.4 Å². The van der Waals surface area contributed by atoms with Crippen LogP contribution in [0, 0.1) is 11.6 Å². The molecule has 6 atom stereocenters. The van der Waals surface area contributed by atoms with Crippen molar-refractivity contribution in [2.45, 2.75) is 137 Å². The number of nitrogens with zero attached hydrogens (tertiary/aromatic N) is 4. The molecule has 0 spiro atoms. The zero-order chi connectivity index (χ0) is 63.4. The fourth-order valence-electron chi connectivity index (χ4n) is 11.0. The van der Waals surface area contributed by atoms with Gasteiger partial charge in [-0.15, -0.1) is 0 Å². The lowest BCUT2D eigenvalue weighted by Gasteiger charge is -2.33. The van der Waals surface area contributed by atoms with E-state index in [9.17, 15) is 54.4 Å². The Kier molecular flexibility index (Phi) is 25.4. The van der Waals surface area contributed by atoms with Crippen molar-refractivity contribution in [2.75, 3.05) is 59.9 Å². The zero-order valence-electron chi connectivity index (χ0n) is 50.5. The van der Waals surface area contributed by atoms with E-state index in [2.05, 4.69) is 26.6 Å². The zero-order valence-corrected chi connectivity index (χ0v) is 52.2. The molecule has 19 nitrogen and oxygen atoms in total. The summed E-state index contributed by atoms with van der Waals surface area (Å²) in [4.78, 5) is 85.6. The molecule has 5 aromatic carbocycles. The van der Waals surface area contributed by atoms with Gasteiger partial charge >= 0.3 is 0 Å². The average Bonchev–Trinajstić information content (AvgIpc) is 1.76. The van der Waals surface area contributed by atoms with Crippen molar-refractivity contribution in [3.05, 3.63) is 167 Å². The standard InChI is InChI=1S/C65H83F2N9O10S2/c1-46(68-3)61(78)71-58(64(81)75-40-14-20-54(75)44-73(42-37-48-16-7-5-8-17-48)87(83,84)56-33-29-52(66)30-34-56)22-11-12-24-60(77)50-25-27-51(28-26-50)63(80)70-39-13-23-59(72-62(79)47(2)69-4)65(82)76-41-15-21-55(76)45-74(43-38-49-18-9-6-10-19-49)88(85,86)57-35-31-53(67)32-36-57/h5-10,16-19,25-36,46-47,54-55,58-59,68-69H,11-15,20-24,37-45H2,1-4H3,(H,70,80)(H,71,78)(H,72,79)/t46-,47-,54-,55-,58-,59-/m0/s1. The second-order valence-electron chi connectivity index (χ2n) is 22.5. The first kappa shape index (κ1) is 68.2. The van der Waals surface area contributed by atoms with E-state index in [0.29, 0.717) is 70.0 Å². The van der Waals surface area contributed by atoms with E-state index in [-0.39, 0.29) is 91.4 Å². The lowest BCUT2D eigenvalue weighted by atomic mass is 10.0. The van der Waals surface area contributed by atoms with Gasteiger partial charge in [0.25, 0.3) is 5.91 Å². The molecule has 0 saturated carbocycles. The van der Waals surface area contributed by atoms with Gasteiger partial charge in [0, 0.05) is 75.4 Å². The van der Waals surface area contributed by atoms with Crippen LogP contribution in [0.5, 0.6) is 0 Å². The molecule has 2 aliphatic heterocycles. The second-order valence-corrected chi connectivity index (χ2v) is 26.4. The number of Topliss-reactive ketones (excluding diaryl/α,β-unsaturated/α-hetero) is 1. The smallest absolute Gasteiger partial charge is 0.251 e. The predicted molar refractivity (Wildman–Crippen MR) is 332 cm³/mol. The third-order valence-electron chi connectivity index (χ3n) is 16.5. The predicted octanol–water partition coefficient (Wildman–Crippen LogP) is 6.25. The molecule has 23 heteroatoms. The molecule has 5 N–H and O–H groups in total. The minimum atomic E-state index is -4.12. The molecule has 5 amide bonds. The number of likely N-dealkylation sites (N-methyl/N-ethyl adjacent to an activating group) is 2. The van der Waals surface area contributed by atoms with Crippen LogP contribution in [-0.4, -0.2) is 167 Å². The van der Waals surface area contributed by atoms with Gasteiger partial charge in [0.1, 0.15) is 23.7 Å². The van der Waals surface area contributed by atoms with E-state index < -0.39 is 85.7 Å². The maximum Gasteiger partial charge on any atom is 0.251 e. The van der Waals surface area contributed by atoms with E-state index in [1.54, 1.807) is 49.9 Å². The summed E-state index contributed by atoms with van der Waals surface area (Å²) >= 11 is 0. The van der Waals surface area contributed by atoms with Crippen LogP contribution >= 0.6 is 0 Å². The van der Waals surface area contributed by atoms with Gasteiger partial charge in [-0.05, 0) is 164 Å². The fraction of sp³-hybridized carbons (Fsp3) is 0.446. The molecule has 7 rings (SSSR count). The highest BCUT2D eigenvalue weighted by atomic mass is 32.2. The topological polar surface area (TPSA) is 244 Å². The Labute approximate surface area is 516 Å². The molecule has 0 aromatic heterocycles. The molecule has 474 valence electrons. The summed E-state index contributed by atoms with van der Waals surface area (Å²) in [6.45, 7) is 4.33. The number of benzene rings is 5. The highest BCUT2D eigenvalue weighted by Crippen LogP contribution is 2.27. The third kappa shape index (κ3) is 18.9. The number of nitrogens with one attached hydrogen (secondary N) is 5. The van der Waals surface area contributed by atoms with Crippen molar-refractivity contribution in [1.29, 1.82) is 0 Å². The molecule has 0 bridgehead atoms. The summed E-state index contributed by atoms with van der Waals surface area (Å²) < 4.78 is 87.0. The summed E-state index contributed by atoms with van der Waals surface area (Å²) in [6, 6.07) is 30.1. The van der Waals surface area contributed by atoms with Gasteiger partial charge in [0.15, 0.2) is 5.78 Å². The van der Waals surface area contributed by atoms with E-state index >= 15 is 0 Å². The van der Waals surface area contributed by atoms with Gasteiger partial charge in [-0.1, -0.05) is 79.2 Å². The average molecular weight is 1250 g/mol. The minimum absolute atomic E-state index is 0.0134. The lowest BCUT2D eigenvalue weighted by Crippen LogP contribution is -2.55. The molecular formula is C65H83F2N9O10S2. The van der Waals surface area contributed by atoms with Crippen LogP contribution in [0.4, 0.5) is 8.78 Å². The number of hydrogen-bond donors (Lipinski definition) is 5. The number of ketones is 1. The number of amides is 5. The van der Waals surface area contributed by atoms with Crippen LogP contribution in [0.1, 0.15) is 110 Å². The Bertz CT molecular complexity index is 3130. The summed E-state index contributed by atoms with van der Waals surface area (Å²) in [5.41, 5.74) is 2.50.